The number of hydrogen-bond acceptors (Lipinski definition) is 7. The molecule has 0 fully saturated rings. The van der Waals surface area contributed by atoms with Crippen LogP contribution in [-0.2, 0) is 27.2 Å². The molecule has 0 spiro atoms. The second-order valence-corrected chi connectivity index (χ2v) is 8.87. The Kier molecular flexibility index (Phi) is 6.41. The molecule has 32 heavy (non-hydrogen) atoms. The molecular weight excluding hydrogens is 428 g/mol. The maximum Gasteiger partial charge on any atom is 0.338 e. The van der Waals surface area contributed by atoms with Gasteiger partial charge in [0.15, 0.2) is 0 Å². The molecule has 3 aromatic rings. The van der Waals surface area contributed by atoms with Gasteiger partial charge in [0.1, 0.15) is 10.7 Å². The zero-order valence-corrected chi connectivity index (χ0v) is 19.3. The minimum absolute atomic E-state index is 0.143. The molecule has 0 N–H and O–H groups in total. The van der Waals surface area contributed by atoms with Gasteiger partial charge in [-0.2, -0.15) is 0 Å². The van der Waals surface area contributed by atoms with Gasteiger partial charge in [0.25, 0.3) is 5.56 Å². The number of ether oxygens (including phenoxy) is 2. The molecule has 1 aromatic carbocycles. The van der Waals surface area contributed by atoms with Crippen molar-refractivity contribution >= 4 is 33.5 Å². The van der Waals surface area contributed by atoms with Gasteiger partial charge in [-0.15, -0.1) is 11.3 Å². The SMILES string of the molecule is CCOC(=O)c1ccc(Cn2c(C)nc3sc4c(c3c2=O)C(C(=O)OCC)CCC4)cc1. The van der Waals surface area contributed by atoms with Crippen LogP contribution in [-0.4, -0.2) is 34.7 Å². The number of hydrogen-bond donors (Lipinski definition) is 0. The van der Waals surface area contributed by atoms with Crippen molar-refractivity contribution in [1.29, 1.82) is 0 Å². The second-order valence-electron chi connectivity index (χ2n) is 7.78. The van der Waals surface area contributed by atoms with Crippen LogP contribution in [0.25, 0.3) is 10.2 Å². The van der Waals surface area contributed by atoms with E-state index >= 15 is 0 Å². The van der Waals surface area contributed by atoms with Crippen molar-refractivity contribution in [2.75, 3.05) is 13.2 Å². The Balaban J connectivity index is 1.74. The molecule has 0 aliphatic heterocycles. The van der Waals surface area contributed by atoms with Crippen molar-refractivity contribution in [3.05, 3.63) is 62.0 Å². The highest BCUT2D eigenvalue weighted by molar-refractivity contribution is 7.18. The molecule has 168 valence electrons. The van der Waals surface area contributed by atoms with Crippen LogP contribution < -0.4 is 5.56 Å². The Morgan fingerprint density at radius 1 is 1.16 bits per heavy atom. The van der Waals surface area contributed by atoms with E-state index in [2.05, 4.69) is 0 Å². The van der Waals surface area contributed by atoms with E-state index in [1.165, 1.54) is 11.3 Å². The topological polar surface area (TPSA) is 87.5 Å². The second kappa shape index (κ2) is 9.24. The summed E-state index contributed by atoms with van der Waals surface area (Å²) in [5.41, 5.74) is 2.00. The van der Waals surface area contributed by atoms with Gasteiger partial charge < -0.3 is 9.47 Å². The van der Waals surface area contributed by atoms with Crippen LogP contribution >= 0.6 is 11.3 Å². The summed E-state index contributed by atoms with van der Waals surface area (Å²) >= 11 is 1.51. The number of carbonyl (C=O) groups is 2. The molecule has 7 nitrogen and oxygen atoms in total. The highest BCUT2D eigenvalue weighted by atomic mass is 32.1. The van der Waals surface area contributed by atoms with Gasteiger partial charge in [-0.3, -0.25) is 14.2 Å². The van der Waals surface area contributed by atoms with Crippen molar-refractivity contribution < 1.29 is 19.1 Å². The Hall–Kier alpha value is -3.00. The lowest BCUT2D eigenvalue weighted by Crippen LogP contribution is -2.27. The van der Waals surface area contributed by atoms with Gasteiger partial charge in [0.2, 0.25) is 0 Å². The third-order valence-electron chi connectivity index (χ3n) is 5.74. The Morgan fingerprint density at radius 2 is 1.88 bits per heavy atom. The summed E-state index contributed by atoms with van der Waals surface area (Å²) in [4.78, 5) is 44.5. The molecule has 2 heterocycles. The van der Waals surface area contributed by atoms with Crippen LogP contribution in [0.15, 0.2) is 29.1 Å². The van der Waals surface area contributed by atoms with E-state index in [4.69, 9.17) is 14.5 Å². The lowest BCUT2D eigenvalue weighted by Gasteiger charge is -2.21. The molecule has 0 saturated carbocycles. The van der Waals surface area contributed by atoms with Crippen LogP contribution in [0, 0.1) is 6.92 Å². The van der Waals surface area contributed by atoms with E-state index in [1.807, 2.05) is 19.1 Å². The maximum absolute atomic E-state index is 13.6. The van der Waals surface area contributed by atoms with Gasteiger partial charge in [0.05, 0.1) is 36.6 Å². The van der Waals surface area contributed by atoms with Gasteiger partial charge in [0, 0.05) is 4.88 Å². The van der Waals surface area contributed by atoms with Gasteiger partial charge in [-0.05, 0) is 63.3 Å². The summed E-state index contributed by atoms with van der Waals surface area (Å²) < 4.78 is 11.9. The number of carbonyl (C=O) groups excluding carboxylic acids is 2. The number of benzene rings is 1. The van der Waals surface area contributed by atoms with E-state index in [-0.39, 0.29) is 17.5 Å². The molecule has 1 unspecified atom stereocenters. The molecule has 1 aliphatic carbocycles. The normalized spacial score (nSPS) is 15.4. The van der Waals surface area contributed by atoms with Gasteiger partial charge >= 0.3 is 11.9 Å². The molecule has 1 aliphatic rings. The number of fused-ring (bicyclic) bond motifs is 3. The van der Waals surface area contributed by atoms with E-state index in [9.17, 15) is 14.4 Å². The van der Waals surface area contributed by atoms with Crippen LogP contribution in [0.1, 0.15) is 64.8 Å². The molecule has 8 heteroatoms. The average molecular weight is 455 g/mol. The number of thiophene rings is 1. The summed E-state index contributed by atoms with van der Waals surface area (Å²) in [6.07, 6.45) is 2.42. The molecule has 0 bridgehead atoms. The first-order valence-electron chi connectivity index (χ1n) is 10.9. The summed E-state index contributed by atoms with van der Waals surface area (Å²) in [5.74, 6) is -0.440. The maximum atomic E-state index is 13.6. The molecule has 0 radical (unpaired) electrons. The van der Waals surface area contributed by atoms with Gasteiger partial charge in [-0.1, -0.05) is 12.1 Å². The first-order valence-corrected chi connectivity index (χ1v) is 11.7. The Labute approximate surface area is 190 Å². The number of aromatic nitrogens is 2. The van der Waals surface area contributed by atoms with Crippen LogP contribution in [0.3, 0.4) is 0 Å². The van der Waals surface area contributed by atoms with Crippen LogP contribution in [0.2, 0.25) is 0 Å². The highest BCUT2D eigenvalue weighted by Crippen LogP contribution is 2.41. The molecule has 4 rings (SSSR count). The van der Waals surface area contributed by atoms with E-state index in [0.717, 1.165) is 28.8 Å². The Morgan fingerprint density at radius 3 is 2.56 bits per heavy atom. The number of nitrogens with zero attached hydrogens (tertiary/aromatic N) is 2. The smallest absolute Gasteiger partial charge is 0.338 e. The Bertz CT molecular complexity index is 1230. The largest absolute Gasteiger partial charge is 0.466 e. The number of esters is 2. The predicted octanol–water partition coefficient (Wildman–Crippen LogP) is 3.97. The fourth-order valence-electron chi connectivity index (χ4n) is 4.23. The lowest BCUT2D eigenvalue weighted by molar-refractivity contribution is -0.145. The van der Waals surface area contributed by atoms with E-state index in [1.54, 1.807) is 30.5 Å². The standard InChI is InChI=1S/C24H26N2O5S/c1-4-30-23(28)16-11-9-15(10-12-16)13-26-14(3)25-21-20(22(26)27)19-17(24(29)31-5-2)7-6-8-18(19)32-21/h9-12,17H,4-8,13H2,1-3H3. The molecular formula is C24H26N2O5S. The first-order chi connectivity index (χ1) is 15.4. The number of rotatable bonds is 6. The molecule has 0 amide bonds. The monoisotopic (exact) mass is 454 g/mol. The summed E-state index contributed by atoms with van der Waals surface area (Å²) in [7, 11) is 0. The predicted molar refractivity (Wildman–Crippen MR) is 122 cm³/mol. The number of aryl methyl sites for hydroxylation is 2. The van der Waals surface area contributed by atoms with Crippen LogP contribution in [0.4, 0.5) is 0 Å². The van der Waals surface area contributed by atoms with Gasteiger partial charge in [-0.25, -0.2) is 9.78 Å². The van der Waals surface area contributed by atoms with Crippen molar-refractivity contribution in [2.45, 2.75) is 52.5 Å². The molecule has 2 aromatic heterocycles. The van der Waals surface area contributed by atoms with E-state index in [0.29, 0.717) is 47.8 Å². The summed E-state index contributed by atoms with van der Waals surface area (Å²) in [6, 6.07) is 7.02. The highest BCUT2D eigenvalue weighted by Gasteiger charge is 2.33. The lowest BCUT2D eigenvalue weighted by atomic mass is 9.86. The van der Waals surface area contributed by atoms with E-state index < -0.39 is 5.92 Å². The third kappa shape index (κ3) is 4.07. The van der Waals surface area contributed by atoms with Crippen molar-refractivity contribution in [3.63, 3.8) is 0 Å². The summed E-state index contributed by atoms with van der Waals surface area (Å²) in [6.45, 7) is 6.33. The molecule has 1 atom stereocenters. The summed E-state index contributed by atoms with van der Waals surface area (Å²) in [5, 5.41) is 0.538. The zero-order valence-electron chi connectivity index (χ0n) is 18.5. The fourth-order valence-corrected chi connectivity index (χ4v) is 5.54. The minimum atomic E-state index is -0.415. The first kappa shape index (κ1) is 22.2. The minimum Gasteiger partial charge on any atom is -0.466 e. The third-order valence-corrected chi connectivity index (χ3v) is 6.90. The average Bonchev–Trinajstić information content (AvgIpc) is 3.15. The van der Waals surface area contributed by atoms with Crippen LogP contribution in [0.5, 0.6) is 0 Å². The molecule has 0 saturated heterocycles. The van der Waals surface area contributed by atoms with Crippen molar-refractivity contribution in [2.24, 2.45) is 0 Å². The quantitative estimate of drug-likeness (QED) is 0.524. The van der Waals surface area contributed by atoms with Crippen molar-refractivity contribution in [1.82, 2.24) is 9.55 Å². The zero-order chi connectivity index (χ0) is 22.8. The van der Waals surface area contributed by atoms with Crippen molar-refractivity contribution in [3.8, 4) is 0 Å². The fraction of sp³-hybridized carbons (Fsp3) is 0.417.